The van der Waals surface area contributed by atoms with Crippen LogP contribution in [0.2, 0.25) is 0 Å². The number of hydrogen-bond donors (Lipinski definition) is 8. The molecular weight excluding hydrogens is 752 g/mol. The lowest BCUT2D eigenvalue weighted by Gasteiger charge is -2.49. The summed E-state index contributed by atoms with van der Waals surface area (Å²) in [5.74, 6) is 2.51. The summed E-state index contributed by atoms with van der Waals surface area (Å²) < 4.78 is 25.9. The van der Waals surface area contributed by atoms with E-state index in [-0.39, 0.29) is 35.2 Å². The maximum Gasteiger partial charge on any atom is 0.187 e. The molecule has 1 aromatic rings. The van der Waals surface area contributed by atoms with Crippen LogP contribution in [0.5, 0.6) is 0 Å². The first kappa shape index (κ1) is 41.5. The van der Waals surface area contributed by atoms with Gasteiger partial charge in [0.2, 0.25) is 0 Å². The molecule has 8 aliphatic rings. The fourth-order valence-corrected chi connectivity index (χ4v) is 13.2. The standard InChI is InChI=1S/C42H64N4O12/c1-19-11-29-32(21(3)42(58-29)10-8-25-26-6-5-22-12-24(49)7-9-41(22,4)28(26)13-27(25)20(42)2)45(14-19)15-23-16-46(44-43-23)39-36(53)35(52)38(31(18-48)55-39)57-40-37(54)34(51)33(50)30(17-47)56-40/h5,16,19,21,24-26,28-40,47-54H,6-15,17-18H2,1-4H3/t19-,21+,24-,25-,26-,28-,29+,30+,31+,32-,33+,34-,35+,36+,37+,38+,39+,40+,41-,42-/m0/s1. The Labute approximate surface area is 339 Å². The normalized spacial score (nSPS) is 50.7. The Kier molecular flexibility index (Phi) is 11.1. The molecule has 1 spiro atoms. The van der Waals surface area contributed by atoms with Crippen LogP contribution in [0.4, 0.5) is 0 Å². The molecule has 0 amide bonds. The molecule has 6 fully saturated rings. The van der Waals surface area contributed by atoms with Crippen LogP contribution in [0, 0.1) is 35.0 Å². The minimum atomic E-state index is -1.75. The van der Waals surface area contributed by atoms with Crippen LogP contribution >= 0.6 is 0 Å². The Morgan fingerprint density at radius 2 is 1.69 bits per heavy atom. The molecule has 2 saturated carbocycles. The van der Waals surface area contributed by atoms with Crippen molar-refractivity contribution in [1.82, 2.24) is 19.9 Å². The molecule has 16 heteroatoms. The lowest BCUT2D eigenvalue weighted by molar-refractivity contribution is -0.347. The molecule has 4 aliphatic heterocycles. The maximum absolute atomic E-state index is 11.3. The van der Waals surface area contributed by atoms with E-state index in [2.05, 4.69) is 49.0 Å². The molecule has 9 rings (SSSR count). The minimum Gasteiger partial charge on any atom is -0.394 e. The van der Waals surface area contributed by atoms with E-state index in [1.165, 1.54) is 15.8 Å². The molecule has 0 aromatic carbocycles. The summed E-state index contributed by atoms with van der Waals surface area (Å²) in [4.78, 5) is 2.48. The molecule has 58 heavy (non-hydrogen) atoms. The second-order valence-electron chi connectivity index (χ2n) is 19.4. The van der Waals surface area contributed by atoms with Crippen LogP contribution in [0.15, 0.2) is 29.0 Å². The highest BCUT2D eigenvalue weighted by atomic mass is 16.7. The predicted octanol–water partition coefficient (Wildman–Crippen LogP) is 0.303. The SMILES string of the molecule is CC1=C2C[C@H]3[C@@H](CC=C4C[C@@H](O)CC[C@@]43C)[C@@H]2CC[C@]12O[C@@H]1C[C@H](C)CN(Cc3cn([C@@H]4O[C@H](CO)[C@@H](O[C@H]5O[C@H](CO)[C@@H](O)[C@H](O)[C@H]5O)[C@H](O)[C@H]4O)nn3)[C@H]1[C@H]2C. The van der Waals surface area contributed by atoms with E-state index in [0.29, 0.717) is 35.9 Å². The Hall–Kier alpha value is -1.90. The lowest BCUT2D eigenvalue weighted by Crippen LogP contribution is -2.63. The van der Waals surface area contributed by atoms with Crippen LogP contribution in [0.1, 0.15) is 91.0 Å². The van der Waals surface area contributed by atoms with Gasteiger partial charge in [0.05, 0.1) is 42.9 Å². The molecule has 8 N–H and O–H groups in total. The summed E-state index contributed by atoms with van der Waals surface area (Å²) in [5.41, 5.74) is 5.06. The fraction of sp³-hybridized carbons (Fsp3) is 0.857. The van der Waals surface area contributed by atoms with E-state index in [0.717, 1.165) is 57.9 Å². The molecule has 4 saturated heterocycles. The number of fused-ring (bicyclic) bond motifs is 6. The van der Waals surface area contributed by atoms with Gasteiger partial charge in [-0.05, 0) is 93.0 Å². The molecule has 16 nitrogen and oxygen atoms in total. The van der Waals surface area contributed by atoms with Gasteiger partial charge < -0.3 is 59.8 Å². The number of ether oxygens (including phenoxy) is 4. The molecule has 0 radical (unpaired) electrons. The van der Waals surface area contributed by atoms with Crippen molar-refractivity contribution < 1.29 is 59.8 Å². The van der Waals surface area contributed by atoms with Crippen molar-refractivity contribution in [2.24, 2.45) is 35.0 Å². The first-order valence-corrected chi connectivity index (χ1v) is 21.7. The van der Waals surface area contributed by atoms with Gasteiger partial charge in [0.15, 0.2) is 12.5 Å². The molecule has 1 aromatic heterocycles. The quantitative estimate of drug-likeness (QED) is 0.173. The Morgan fingerprint density at radius 1 is 0.914 bits per heavy atom. The third-order valence-electron chi connectivity index (χ3n) is 16.3. The first-order chi connectivity index (χ1) is 27.7. The summed E-state index contributed by atoms with van der Waals surface area (Å²) in [6.45, 7) is 9.50. The van der Waals surface area contributed by atoms with E-state index in [1.807, 2.05) is 0 Å². The zero-order chi connectivity index (χ0) is 41.0. The molecule has 324 valence electrons. The van der Waals surface area contributed by atoms with Gasteiger partial charge in [-0.1, -0.05) is 43.2 Å². The number of aliphatic hydroxyl groups is 8. The van der Waals surface area contributed by atoms with Gasteiger partial charge in [0.1, 0.15) is 48.8 Å². The van der Waals surface area contributed by atoms with Crippen LogP contribution < -0.4 is 0 Å². The average molecular weight is 817 g/mol. The summed E-state index contributed by atoms with van der Waals surface area (Å²) in [7, 11) is 0. The third kappa shape index (κ3) is 6.51. The van der Waals surface area contributed by atoms with Gasteiger partial charge in [-0.3, -0.25) is 4.90 Å². The van der Waals surface area contributed by atoms with E-state index in [4.69, 9.17) is 18.9 Å². The number of piperidine rings is 1. The van der Waals surface area contributed by atoms with E-state index in [1.54, 1.807) is 11.8 Å². The van der Waals surface area contributed by atoms with E-state index in [9.17, 15) is 40.9 Å². The van der Waals surface area contributed by atoms with Crippen LogP contribution in [0.25, 0.3) is 0 Å². The second-order valence-corrected chi connectivity index (χ2v) is 19.4. The van der Waals surface area contributed by atoms with Crippen LogP contribution in [-0.2, 0) is 25.5 Å². The van der Waals surface area contributed by atoms with Crippen molar-refractivity contribution >= 4 is 0 Å². The summed E-state index contributed by atoms with van der Waals surface area (Å²) in [6, 6.07) is 0.167. The van der Waals surface area contributed by atoms with Crippen LogP contribution in [-0.4, -0.2) is 159 Å². The fourth-order valence-electron chi connectivity index (χ4n) is 13.2. The topological polar surface area (TPSA) is 233 Å². The Balaban J connectivity index is 0.899. The molecule has 0 unspecified atom stereocenters. The van der Waals surface area contributed by atoms with Crippen molar-refractivity contribution in [3.05, 3.63) is 34.7 Å². The average Bonchev–Trinajstić information content (AvgIpc) is 3.90. The Bertz CT molecular complexity index is 1740. The van der Waals surface area contributed by atoms with E-state index < -0.39 is 74.6 Å². The molecule has 4 aliphatic carbocycles. The van der Waals surface area contributed by atoms with Gasteiger partial charge in [0.25, 0.3) is 0 Å². The maximum atomic E-state index is 11.3. The molecular formula is C42H64N4O12. The van der Waals surface area contributed by atoms with Crippen molar-refractivity contribution in [2.45, 2.75) is 171 Å². The zero-order valence-corrected chi connectivity index (χ0v) is 34.0. The monoisotopic (exact) mass is 816 g/mol. The lowest BCUT2D eigenvalue weighted by atomic mass is 9.56. The largest absolute Gasteiger partial charge is 0.394 e. The van der Waals surface area contributed by atoms with Crippen molar-refractivity contribution in [2.75, 3.05) is 19.8 Å². The highest BCUT2D eigenvalue weighted by Gasteiger charge is 2.62. The predicted molar refractivity (Wildman–Crippen MR) is 204 cm³/mol. The Morgan fingerprint density at radius 3 is 2.45 bits per heavy atom. The number of hydrogen-bond acceptors (Lipinski definition) is 15. The minimum absolute atomic E-state index is 0.0692. The number of likely N-dealkylation sites (tertiary alicyclic amines) is 1. The summed E-state index contributed by atoms with van der Waals surface area (Å²) in [5, 5.41) is 92.4. The zero-order valence-electron chi connectivity index (χ0n) is 34.0. The van der Waals surface area contributed by atoms with Crippen LogP contribution in [0.3, 0.4) is 0 Å². The summed E-state index contributed by atoms with van der Waals surface area (Å²) >= 11 is 0. The van der Waals surface area contributed by atoms with Gasteiger partial charge in [-0.2, -0.15) is 0 Å². The number of aromatic nitrogens is 3. The van der Waals surface area contributed by atoms with Gasteiger partial charge in [0, 0.05) is 25.0 Å². The van der Waals surface area contributed by atoms with Crippen molar-refractivity contribution in [3.8, 4) is 0 Å². The highest BCUT2D eigenvalue weighted by molar-refractivity contribution is 5.38. The highest BCUT2D eigenvalue weighted by Crippen LogP contribution is 2.65. The number of aliphatic hydroxyl groups excluding tert-OH is 8. The van der Waals surface area contributed by atoms with Gasteiger partial charge in [-0.25, -0.2) is 4.68 Å². The van der Waals surface area contributed by atoms with Gasteiger partial charge >= 0.3 is 0 Å². The molecule has 0 bridgehead atoms. The van der Waals surface area contributed by atoms with Crippen molar-refractivity contribution in [1.29, 1.82) is 0 Å². The van der Waals surface area contributed by atoms with Gasteiger partial charge in [-0.15, -0.1) is 5.10 Å². The summed E-state index contributed by atoms with van der Waals surface area (Å²) in [6.07, 6.45) is -2.86. The molecule has 5 heterocycles. The molecule has 20 atom stereocenters. The number of nitrogens with zero attached hydrogens (tertiary/aromatic N) is 4. The van der Waals surface area contributed by atoms with Crippen molar-refractivity contribution in [3.63, 3.8) is 0 Å². The number of rotatable bonds is 7. The second kappa shape index (κ2) is 15.5. The van der Waals surface area contributed by atoms with E-state index >= 15 is 0 Å². The smallest absolute Gasteiger partial charge is 0.187 e. The first-order valence-electron chi connectivity index (χ1n) is 21.7. The third-order valence-corrected chi connectivity index (χ3v) is 16.3. The number of allylic oxidation sites excluding steroid dienone is 2.